The second-order valence-corrected chi connectivity index (χ2v) is 4.24. The minimum atomic E-state index is 0.0428. The first-order chi connectivity index (χ1) is 7.52. The van der Waals surface area contributed by atoms with Gasteiger partial charge in [0.15, 0.2) is 0 Å². The van der Waals surface area contributed by atoms with Crippen molar-refractivity contribution >= 4 is 5.91 Å². The van der Waals surface area contributed by atoms with Gasteiger partial charge in [0.2, 0.25) is 5.91 Å². The first-order valence-electron chi connectivity index (χ1n) is 5.48. The topological polar surface area (TPSA) is 72.9 Å². The Morgan fingerprint density at radius 3 is 2.88 bits per heavy atom. The monoisotopic (exact) mass is 224 g/mol. The molecule has 0 bridgehead atoms. The van der Waals surface area contributed by atoms with Crippen LogP contribution in [0.25, 0.3) is 0 Å². The van der Waals surface area contributed by atoms with Crippen molar-refractivity contribution in [1.82, 2.24) is 15.1 Å². The normalized spacial score (nSPS) is 12.5. The van der Waals surface area contributed by atoms with Gasteiger partial charge < -0.3 is 11.1 Å². The maximum Gasteiger partial charge on any atom is 0.220 e. The molecule has 0 aliphatic heterocycles. The van der Waals surface area contributed by atoms with Crippen LogP contribution in [0.1, 0.15) is 24.6 Å². The van der Waals surface area contributed by atoms with Gasteiger partial charge >= 0.3 is 0 Å². The van der Waals surface area contributed by atoms with Crippen molar-refractivity contribution in [3.8, 4) is 0 Å². The summed E-state index contributed by atoms with van der Waals surface area (Å²) in [6, 6.07) is 0. The van der Waals surface area contributed by atoms with E-state index in [1.807, 2.05) is 27.1 Å². The number of aromatic nitrogens is 2. The molecule has 0 fully saturated rings. The van der Waals surface area contributed by atoms with Crippen LogP contribution >= 0.6 is 0 Å². The largest absolute Gasteiger partial charge is 0.352 e. The molecule has 0 saturated heterocycles. The average molecular weight is 224 g/mol. The standard InChI is InChI=1S/C11H20N4O/c1-8(5-12)4-11(16)13-6-10-7-15(3)14-9(10)2/h7-8H,4-6,12H2,1-3H3,(H,13,16). The van der Waals surface area contributed by atoms with Crippen LogP contribution in [0.3, 0.4) is 0 Å². The van der Waals surface area contributed by atoms with E-state index in [0.29, 0.717) is 19.5 Å². The summed E-state index contributed by atoms with van der Waals surface area (Å²) in [5, 5.41) is 7.08. The van der Waals surface area contributed by atoms with Crippen LogP contribution in [0.5, 0.6) is 0 Å². The van der Waals surface area contributed by atoms with E-state index < -0.39 is 0 Å². The van der Waals surface area contributed by atoms with E-state index in [2.05, 4.69) is 10.4 Å². The second-order valence-electron chi connectivity index (χ2n) is 4.24. The molecule has 1 aromatic heterocycles. The molecule has 0 saturated carbocycles. The Morgan fingerprint density at radius 1 is 1.69 bits per heavy atom. The number of amides is 1. The summed E-state index contributed by atoms with van der Waals surface area (Å²) < 4.78 is 1.75. The van der Waals surface area contributed by atoms with Crippen LogP contribution in [0.2, 0.25) is 0 Å². The summed E-state index contributed by atoms with van der Waals surface area (Å²) >= 11 is 0. The van der Waals surface area contributed by atoms with Crippen molar-refractivity contribution in [2.45, 2.75) is 26.8 Å². The molecule has 5 nitrogen and oxygen atoms in total. The van der Waals surface area contributed by atoms with Crippen molar-refractivity contribution in [3.63, 3.8) is 0 Å². The molecule has 1 amide bonds. The summed E-state index contributed by atoms with van der Waals surface area (Å²) in [4.78, 5) is 11.5. The molecule has 0 aromatic carbocycles. The Balaban J connectivity index is 2.40. The molecule has 1 rings (SSSR count). The zero-order chi connectivity index (χ0) is 12.1. The van der Waals surface area contributed by atoms with E-state index in [-0.39, 0.29) is 11.8 Å². The van der Waals surface area contributed by atoms with Gasteiger partial charge in [-0.25, -0.2) is 0 Å². The molecular weight excluding hydrogens is 204 g/mol. The molecular formula is C11H20N4O. The maximum atomic E-state index is 11.5. The van der Waals surface area contributed by atoms with Gasteiger partial charge in [0.25, 0.3) is 0 Å². The molecule has 1 aromatic rings. The van der Waals surface area contributed by atoms with Gasteiger partial charge in [0.05, 0.1) is 5.69 Å². The molecule has 3 N–H and O–H groups in total. The van der Waals surface area contributed by atoms with Gasteiger partial charge in [-0.1, -0.05) is 6.92 Å². The van der Waals surface area contributed by atoms with Gasteiger partial charge in [-0.05, 0) is 19.4 Å². The lowest BCUT2D eigenvalue weighted by Crippen LogP contribution is -2.26. The third-order valence-electron chi connectivity index (χ3n) is 2.53. The zero-order valence-corrected chi connectivity index (χ0v) is 10.2. The lowest BCUT2D eigenvalue weighted by molar-refractivity contribution is -0.122. The minimum absolute atomic E-state index is 0.0428. The number of nitrogens with one attached hydrogen (secondary N) is 1. The fourth-order valence-corrected chi connectivity index (χ4v) is 1.49. The van der Waals surface area contributed by atoms with Crippen LogP contribution in [0, 0.1) is 12.8 Å². The lowest BCUT2D eigenvalue weighted by Gasteiger charge is -2.08. The van der Waals surface area contributed by atoms with Crippen molar-refractivity contribution in [3.05, 3.63) is 17.5 Å². The number of hydrogen-bond acceptors (Lipinski definition) is 3. The second kappa shape index (κ2) is 5.65. The number of hydrogen-bond donors (Lipinski definition) is 2. The van der Waals surface area contributed by atoms with Gasteiger partial charge in [0.1, 0.15) is 0 Å². The predicted molar refractivity (Wildman–Crippen MR) is 62.6 cm³/mol. The van der Waals surface area contributed by atoms with Gasteiger partial charge in [0, 0.05) is 31.8 Å². The molecule has 0 spiro atoms. The van der Waals surface area contributed by atoms with E-state index in [1.165, 1.54) is 0 Å². The van der Waals surface area contributed by atoms with Gasteiger partial charge in [-0.15, -0.1) is 0 Å². The molecule has 1 heterocycles. The molecule has 0 radical (unpaired) electrons. The number of rotatable bonds is 5. The molecule has 16 heavy (non-hydrogen) atoms. The van der Waals surface area contributed by atoms with Crippen LogP contribution in [-0.4, -0.2) is 22.2 Å². The fraction of sp³-hybridized carbons (Fsp3) is 0.636. The van der Waals surface area contributed by atoms with Crippen molar-refractivity contribution < 1.29 is 4.79 Å². The molecule has 0 aliphatic carbocycles. The number of aryl methyl sites for hydroxylation is 2. The lowest BCUT2D eigenvalue weighted by atomic mass is 10.1. The molecule has 1 unspecified atom stereocenters. The molecule has 90 valence electrons. The minimum Gasteiger partial charge on any atom is -0.352 e. The summed E-state index contributed by atoms with van der Waals surface area (Å²) in [5.41, 5.74) is 7.47. The predicted octanol–water partition coefficient (Wildman–Crippen LogP) is 0.330. The highest BCUT2D eigenvalue weighted by molar-refractivity contribution is 5.76. The maximum absolute atomic E-state index is 11.5. The highest BCUT2D eigenvalue weighted by atomic mass is 16.1. The smallest absolute Gasteiger partial charge is 0.220 e. The summed E-state index contributed by atoms with van der Waals surface area (Å²) in [6.45, 7) is 4.98. The Hall–Kier alpha value is -1.36. The van der Waals surface area contributed by atoms with Crippen LogP contribution in [0.4, 0.5) is 0 Å². The van der Waals surface area contributed by atoms with E-state index in [4.69, 9.17) is 5.73 Å². The molecule has 0 aliphatic rings. The Kier molecular flexibility index (Phi) is 4.49. The summed E-state index contributed by atoms with van der Waals surface area (Å²) in [6.07, 6.45) is 2.40. The van der Waals surface area contributed by atoms with E-state index in [1.54, 1.807) is 4.68 Å². The summed E-state index contributed by atoms with van der Waals surface area (Å²) in [5.74, 6) is 0.274. The fourth-order valence-electron chi connectivity index (χ4n) is 1.49. The number of carbonyl (C=O) groups is 1. The van der Waals surface area contributed by atoms with Crippen molar-refractivity contribution in [2.24, 2.45) is 18.7 Å². The highest BCUT2D eigenvalue weighted by Gasteiger charge is 2.08. The van der Waals surface area contributed by atoms with E-state index in [0.717, 1.165) is 11.3 Å². The third-order valence-corrected chi connectivity index (χ3v) is 2.53. The van der Waals surface area contributed by atoms with Crippen LogP contribution in [0.15, 0.2) is 6.20 Å². The van der Waals surface area contributed by atoms with E-state index in [9.17, 15) is 4.79 Å². The third kappa shape index (κ3) is 3.66. The Labute approximate surface area is 96.0 Å². The van der Waals surface area contributed by atoms with Crippen molar-refractivity contribution in [2.75, 3.05) is 6.54 Å². The number of nitrogens with zero attached hydrogens (tertiary/aromatic N) is 2. The Morgan fingerprint density at radius 2 is 2.38 bits per heavy atom. The summed E-state index contributed by atoms with van der Waals surface area (Å²) in [7, 11) is 1.87. The number of carbonyl (C=O) groups excluding carboxylic acids is 1. The van der Waals surface area contributed by atoms with Gasteiger partial charge in [-0.3, -0.25) is 9.48 Å². The molecule has 5 heteroatoms. The highest BCUT2D eigenvalue weighted by Crippen LogP contribution is 2.04. The van der Waals surface area contributed by atoms with Crippen molar-refractivity contribution in [1.29, 1.82) is 0 Å². The van der Waals surface area contributed by atoms with E-state index >= 15 is 0 Å². The van der Waals surface area contributed by atoms with Crippen LogP contribution in [-0.2, 0) is 18.4 Å². The molecule has 1 atom stereocenters. The van der Waals surface area contributed by atoms with Gasteiger partial charge in [-0.2, -0.15) is 5.10 Å². The quantitative estimate of drug-likeness (QED) is 0.757. The first-order valence-corrected chi connectivity index (χ1v) is 5.48. The Bertz CT molecular complexity index is 359. The van der Waals surface area contributed by atoms with Crippen LogP contribution < -0.4 is 11.1 Å². The average Bonchev–Trinajstić information content (AvgIpc) is 2.54. The first kappa shape index (κ1) is 12.7. The number of nitrogens with two attached hydrogens (primary N) is 1. The zero-order valence-electron chi connectivity index (χ0n) is 10.2. The SMILES string of the molecule is Cc1nn(C)cc1CNC(=O)CC(C)CN.